The summed E-state index contributed by atoms with van der Waals surface area (Å²) in [6.45, 7) is 2.70. The molecule has 4 rings (SSSR count). The summed E-state index contributed by atoms with van der Waals surface area (Å²) >= 11 is 0. The summed E-state index contributed by atoms with van der Waals surface area (Å²) in [5.74, 6) is 1.14. The molecule has 0 aliphatic carbocycles. The van der Waals surface area contributed by atoms with Crippen LogP contribution in [0.1, 0.15) is 27.4 Å². The van der Waals surface area contributed by atoms with Crippen LogP contribution < -0.4 is 4.74 Å². The smallest absolute Gasteiger partial charge is 0.257 e. The van der Waals surface area contributed by atoms with Gasteiger partial charge in [-0.05, 0) is 42.8 Å². The fraction of sp³-hybridized carbons (Fsp3) is 0.182. The molecule has 0 saturated carbocycles. The molecule has 0 spiro atoms. The molecule has 0 N–H and O–H groups in total. The van der Waals surface area contributed by atoms with E-state index in [1.165, 1.54) is 0 Å². The summed E-state index contributed by atoms with van der Waals surface area (Å²) < 4.78 is 13.3. The van der Waals surface area contributed by atoms with Gasteiger partial charge in [0.1, 0.15) is 23.8 Å². The quantitative estimate of drug-likeness (QED) is 0.509. The number of aromatic nitrogens is 2. The summed E-state index contributed by atoms with van der Waals surface area (Å²) in [5, 5.41) is 0. The van der Waals surface area contributed by atoms with Crippen molar-refractivity contribution in [1.82, 2.24) is 14.3 Å². The molecular formula is C22H21N3O3. The van der Waals surface area contributed by atoms with Crippen molar-refractivity contribution in [3.63, 3.8) is 0 Å². The fourth-order valence-electron chi connectivity index (χ4n) is 3.11. The molecule has 3 aromatic heterocycles. The molecule has 0 aliphatic heterocycles. The van der Waals surface area contributed by atoms with Crippen LogP contribution in [-0.2, 0) is 13.2 Å². The topological polar surface area (TPSA) is 60.0 Å². The van der Waals surface area contributed by atoms with E-state index in [4.69, 9.17) is 9.15 Å². The van der Waals surface area contributed by atoms with E-state index in [1.807, 2.05) is 54.0 Å². The highest BCUT2D eigenvalue weighted by atomic mass is 16.5. The molecule has 6 heteroatoms. The van der Waals surface area contributed by atoms with E-state index in [9.17, 15) is 4.79 Å². The van der Waals surface area contributed by atoms with Crippen molar-refractivity contribution in [2.45, 2.75) is 20.1 Å². The molecular weight excluding hydrogens is 354 g/mol. The number of pyridine rings is 1. The highest BCUT2D eigenvalue weighted by molar-refractivity contribution is 5.96. The number of para-hydroxylation sites is 1. The largest absolute Gasteiger partial charge is 0.486 e. The number of rotatable bonds is 6. The molecule has 0 radical (unpaired) electrons. The zero-order valence-corrected chi connectivity index (χ0v) is 15.8. The van der Waals surface area contributed by atoms with Crippen molar-refractivity contribution in [2.75, 3.05) is 7.05 Å². The van der Waals surface area contributed by atoms with Gasteiger partial charge < -0.3 is 18.5 Å². The van der Waals surface area contributed by atoms with E-state index in [0.717, 1.165) is 22.7 Å². The Morgan fingerprint density at radius 2 is 2.04 bits per heavy atom. The Kier molecular flexibility index (Phi) is 4.85. The predicted molar refractivity (Wildman–Crippen MR) is 105 cm³/mol. The van der Waals surface area contributed by atoms with Crippen molar-refractivity contribution in [1.29, 1.82) is 0 Å². The lowest BCUT2D eigenvalue weighted by Crippen LogP contribution is -2.26. The van der Waals surface area contributed by atoms with Crippen LogP contribution in [-0.4, -0.2) is 27.2 Å². The van der Waals surface area contributed by atoms with Crippen molar-refractivity contribution in [3.8, 4) is 5.75 Å². The van der Waals surface area contributed by atoms with Gasteiger partial charge in [-0.1, -0.05) is 18.2 Å². The number of carbonyl (C=O) groups excluding carboxylic acids is 1. The Labute approximate surface area is 163 Å². The minimum atomic E-state index is -0.127. The van der Waals surface area contributed by atoms with Crippen LogP contribution in [0.2, 0.25) is 0 Å². The van der Waals surface area contributed by atoms with Crippen molar-refractivity contribution < 1.29 is 13.9 Å². The van der Waals surface area contributed by atoms with Crippen LogP contribution in [0.3, 0.4) is 0 Å². The van der Waals surface area contributed by atoms with Crippen LogP contribution >= 0.6 is 0 Å². The summed E-state index contributed by atoms with van der Waals surface area (Å²) in [5.41, 5.74) is 3.32. The van der Waals surface area contributed by atoms with Gasteiger partial charge in [-0.2, -0.15) is 0 Å². The van der Waals surface area contributed by atoms with Gasteiger partial charge in [0, 0.05) is 19.4 Å². The Morgan fingerprint density at radius 1 is 1.18 bits per heavy atom. The van der Waals surface area contributed by atoms with E-state index >= 15 is 0 Å². The fourth-order valence-corrected chi connectivity index (χ4v) is 3.11. The lowest BCUT2D eigenvalue weighted by Gasteiger charge is -2.18. The highest BCUT2D eigenvalue weighted by Gasteiger charge is 2.18. The van der Waals surface area contributed by atoms with E-state index in [-0.39, 0.29) is 12.5 Å². The first kappa shape index (κ1) is 17.9. The zero-order chi connectivity index (χ0) is 19.5. The second kappa shape index (κ2) is 7.60. The number of imidazole rings is 1. The predicted octanol–water partition coefficient (Wildman–Crippen LogP) is 4.09. The van der Waals surface area contributed by atoms with Gasteiger partial charge in [-0.15, -0.1) is 0 Å². The van der Waals surface area contributed by atoms with Gasteiger partial charge in [0.2, 0.25) is 0 Å². The first-order valence-electron chi connectivity index (χ1n) is 9.04. The van der Waals surface area contributed by atoms with Crippen LogP contribution in [0.15, 0.2) is 71.6 Å². The lowest BCUT2D eigenvalue weighted by atomic mass is 10.1. The van der Waals surface area contributed by atoms with Crippen LogP contribution in [0.5, 0.6) is 5.75 Å². The molecule has 4 aromatic rings. The van der Waals surface area contributed by atoms with Crippen LogP contribution in [0, 0.1) is 6.92 Å². The number of benzene rings is 1. The van der Waals surface area contributed by atoms with E-state index in [1.54, 1.807) is 36.4 Å². The summed E-state index contributed by atoms with van der Waals surface area (Å²) in [7, 11) is 1.74. The average Bonchev–Trinajstić information content (AvgIpc) is 3.36. The maximum Gasteiger partial charge on any atom is 0.257 e. The molecule has 0 fully saturated rings. The van der Waals surface area contributed by atoms with Gasteiger partial charge in [-0.25, -0.2) is 4.98 Å². The zero-order valence-electron chi connectivity index (χ0n) is 15.8. The van der Waals surface area contributed by atoms with E-state index in [2.05, 4.69) is 4.98 Å². The Balaban J connectivity index is 1.50. The summed E-state index contributed by atoms with van der Waals surface area (Å²) in [6.07, 6.45) is 5.50. The Hall–Kier alpha value is -3.54. The minimum Gasteiger partial charge on any atom is -0.486 e. The number of nitrogens with zero attached hydrogens (tertiary/aromatic N) is 3. The minimum absolute atomic E-state index is 0.127. The number of fused-ring (bicyclic) bond motifs is 1. The summed E-state index contributed by atoms with van der Waals surface area (Å²) in [4.78, 5) is 19.1. The molecule has 1 aromatic carbocycles. The Morgan fingerprint density at radius 3 is 2.82 bits per heavy atom. The van der Waals surface area contributed by atoms with Crippen molar-refractivity contribution in [2.24, 2.45) is 0 Å². The second-order valence-corrected chi connectivity index (χ2v) is 6.68. The van der Waals surface area contributed by atoms with Gasteiger partial charge in [0.25, 0.3) is 5.91 Å². The third kappa shape index (κ3) is 3.62. The third-order valence-corrected chi connectivity index (χ3v) is 4.54. The standard InChI is InChI=1S/C22H21N3O3/c1-16-7-5-11-25-13-17(23-21(16)25)15-28-20-10-4-3-9-19(20)22(26)24(2)14-18-8-6-12-27-18/h3-13H,14-15H2,1-2H3. The van der Waals surface area contributed by atoms with Crippen molar-refractivity contribution in [3.05, 3.63) is 89.8 Å². The first-order valence-corrected chi connectivity index (χ1v) is 9.04. The molecule has 0 saturated heterocycles. The van der Waals surface area contributed by atoms with Crippen LogP contribution in [0.25, 0.3) is 5.65 Å². The molecule has 0 atom stereocenters. The molecule has 0 aliphatic rings. The number of ether oxygens (including phenoxy) is 1. The molecule has 0 bridgehead atoms. The monoisotopic (exact) mass is 375 g/mol. The van der Waals surface area contributed by atoms with Gasteiger partial charge >= 0.3 is 0 Å². The number of furan rings is 1. The maximum atomic E-state index is 12.9. The molecule has 142 valence electrons. The SMILES string of the molecule is Cc1cccn2cc(COc3ccccc3C(=O)N(C)Cc3ccco3)nc12. The average molecular weight is 375 g/mol. The third-order valence-electron chi connectivity index (χ3n) is 4.54. The van der Waals surface area contributed by atoms with E-state index < -0.39 is 0 Å². The molecule has 6 nitrogen and oxygen atoms in total. The highest BCUT2D eigenvalue weighted by Crippen LogP contribution is 2.22. The summed E-state index contributed by atoms with van der Waals surface area (Å²) in [6, 6.07) is 14.9. The first-order chi connectivity index (χ1) is 13.6. The molecule has 3 heterocycles. The maximum absolute atomic E-state index is 12.9. The number of carbonyl (C=O) groups is 1. The van der Waals surface area contributed by atoms with Gasteiger partial charge in [-0.3, -0.25) is 4.79 Å². The number of aryl methyl sites for hydroxylation is 1. The van der Waals surface area contributed by atoms with E-state index in [0.29, 0.717) is 17.9 Å². The molecule has 28 heavy (non-hydrogen) atoms. The normalized spacial score (nSPS) is 10.9. The Bertz CT molecular complexity index is 1100. The number of amides is 1. The molecule has 1 amide bonds. The second-order valence-electron chi connectivity index (χ2n) is 6.68. The number of hydrogen-bond donors (Lipinski definition) is 0. The van der Waals surface area contributed by atoms with Crippen molar-refractivity contribution >= 4 is 11.6 Å². The van der Waals surface area contributed by atoms with Gasteiger partial charge in [0.05, 0.1) is 24.1 Å². The van der Waals surface area contributed by atoms with Gasteiger partial charge in [0.15, 0.2) is 0 Å². The molecule has 0 unspecified atom stereocenters. The lowest BCUT2D eigenvalue weighted by molar-refractivity contribution is 0.0770. The number of hydrogen-bond acceptors (Lipinski definition) is 4. The van der Waals surface area contributed by atoms with Crippen LogP contribution in [0.4, 0.5) is 0 Å².